The number of halogens is 2. The fourth-order valence-electron chi connectivity index (χ4n) is 4.56. The van der Waals surface area contributed by atoms with Crippen LogP contribution in [0.25, 0.3) is 6.08 Å². The predicted octanol–water partition coefficient (Wildman–Crippen LogP) is 2.67. The largest absolute Gasteiger partial charge is 1.00 e. The van der Waals surface area contributed by atoms with Gasteiger partial charge in [0.2, 0.25) is 0 Å². The van der Waals surface area contributed by atoms with Crippen molar-refractivity contribution in [2.45, 2.75) is 44.7 Å². The summed E-state index contributed by atoms with van der Waals surface area (Å²) in [4.78, 5) is 12.7. The van der Waals surface area contributed by atoms with E-state index in [9.17, 15) is 4.79 Å². The first-order valence-corrected chi connectivity index (χ1v) is 11.1. The Bertz CT molecular complexity index is 950. The molecule has 1 N–H and O–H groups in total. The lowest BCUT2D eigenvalue weighted by Crippen LogP contribution is -3.00. The monoisotopic (exact) mass is 552 g/mol. The van der Waals surface area contributed by atoms with Crippen LogP contribution in [-0.4, -0.2) is 37.1 Å². The maximum Gasteiger partial charge on any atom is 0.255 e. The second kappa shape index (κ2) is 10.4. The van der Waals surface area contributed by atoms with E-state index in [0.29, 0.717) is 10.6 Å². The van der Waals surface area contributed by atoms with Crippen LogP contribution in [0.1, 0.15) is 43.2 Å². The highest BCUT2D eigenvalue weighted by Crippen LogP contribution is 2.30. The van der Waals surface area contributed by atoms with E-state index in [1.54, 1.807) is 6.07 Å². The highest BCUT2D eigenvalue weighted by molar-refractivity contribution is 6.30. The number of anilines is 1. The van der Waals surface area contributed by atoms with E-state index < -0.39 is 0 Å². The summed E-state index contributed by atoms with van der Waals surface area (Å²) < 4.78 is 6.72. The summed E-state index contributed by atoms with van der Waals surface area (Å²) in [6.07, 6.45) is 8.59. The summed E-state index contributed by atoms with van der Waals surface area (Å²) in [5.41, 5.74) is 3.51. The molecule has 1 fully saturated rings. The number of carbonyl (C=O) groups is 1. The molecule has 2 aromatic rings. The van der Waals surface area contributed by atoms with Gasteiger partial charge in [-0.25, -0.2) is 0 Å². The molecule has 1 aliphatic carbocycles. The van der Waals surface area contributed by atoms with Crippen molar-refractivity contribution in [3.8, 4) is 5.75 Å². The molecular formula is C25H30ClIN2O2. The van der Waals surface area contributed by atoms with Gasteiger partial charge in [-0.15, -0.1) is 0 Å². The predicted molar refractivity (Wildman–Crippen MR) is 123 cm³/mol. The van der Waals surface area contributed by atoms with Crippen molar-refractivity contribution >= 4 is 29.3 Å². The zero-order valence-electron chi connectivity index (χ0n) is 18.2. The molecule has 1 amide bonds. The summed E-state index contributed by atoms with van der Waals surface area (Å²) in [7, 11) is 4.68. The van der Waals surface area contributed by atoms with Crippen molar-refractivity contribution in [2.75, 3.05) is 26.0 Å². The summed E-state index contributed by atoms with van der Waals surface area (Å²) in [5.74, 6) is 0.603. The molecule has 4 rings (SSSR count). The second-order valence-electron chi connectivity index (χ2n) is 9.02. The Morgan fingerprint density at radius 2 is 1.81 bits per heavy atom. The first-order valence-electron chi connectivity index (χ1n) is 10.8. The number of nitrogens with one attached hydrogen (secondary N) is 1. The Kier molecular flexibility index (Phi) is 8.05. The van der Waals surface area contributed by atoms with Gasteiger partial charge in [-0.1, -0.05) is 30.2 Å². The number of carbonyl (C=O) groups excluding carboxylic acids is 1. The average molecular weight is 553 g/mol. The molecule has 166 valence electrons. The molecule has 0 aromatic heterocycles. The van der Waals surface area contributed by atoms with Gasteiger partial charge in [-0.05, 0) is 62.1 Å². The number of benzene rings is 2. The Morgan fingerprint density at radius 1 is 1.10 bits per heavy atom. The fourth-order valence-corrected chi connectivity index (χ4v) is 4.74. The van der Waals surface area contributed by atoms with Crippen LogP contribution in [0.5, 0.6) is 5.75 Å². The first kappa shape index (κ1) is 24.1. The number of ether oxygens (including phenoxy) is 1. The third kappa shape index (κ3) is 6.02. The lowest BCUT2D eigenvalue weighted by Gasteiger charge is -2.40. The summed E-state index contributed by atoms with van der Waals surface area (Å²) >= 11 is 6.06. The molecule has 4 nitrogen and oxygen atoms in total. The van der Waals surface area contributed by atoms with Crippen molar-refractivity contribution in [3.05, 3.63) is 64.2 Å². The highest BCUT2D eigenvalue weighted by Gasteiger charge is 2.29. The lowest BCUT2D eigenvalue weighted by molar-refractivity contribution is -0.929. The second-order valence-corrected chi connectivity index (χ2v) is 9.46. The standard InChI is InChI=1S/C25H29ClN2O2.HI/c1-28(2,23-6-4-3-5-7-23)16-18-8-11-22(12-9-18)27-25(29)20-14-19-15-21(26)10-13-24(19)30-17-20;/h8-15,23H,3-7,16-17H2,1-2H3;1H. The minimum absolute atomic E-state index is 0. The normalized spacial score (nSPS) is 16.4. The van der Waals surface area contributed by atoms with E-state index in [1.165, 1.54) is 37.7 Å². The van der Waals surface area contributed by atoms with Gasteiger partial charge in [-0.2, -0.15) is 0 Å². The molecule has 0 saturated heterocycles. The molecule has 1 heterocycles. The van der Waals surface area contributed by atoms with E-state index in [1.807, 2.05) is 30.3 Å². The minimum Gasteiger partial charge on any atom is -1.00 e. The molecule has 6 heteroatoms. The van der Waals surface area contributed by atoms with E-state index in [4.69, 9.17) is 16.3 Å². The van der Waals surface area contributed by atoms with Gasteiger partial charge in [0.15, 0.2) is 0 Å². The maximum atomic E-state index is 12.7. The fraction of sp³-hybridized carbons (Fsp3) is 0.400. The molecule has 0 atom stereocenters. The van der Waals surface area contributed by atoms with Crippen LogP contribution in [0, 0.1) is 0 Å². The first-order chi connectivity index (χ1) is 14.4. The molecular weight excluding hydrogens is 523 g/mol. The average Bonchev–Trinajstić information content (AvgIpc) is 2.75. The van der Waals surface area contributed by atoms with Crippen molar-refractivity contribution in [1.29, 1.82) is 0 Å². The number of rotatable bonds is 5. The quantitative estimate of drug-likeness (QED) is 0.458. The van der Waals surface area contributed by atoms with Crippen LogP contribution < -0.4 is 34.0 Å². The number of quaternary nitrogens is 1. The van der Waals surface area contributed by atoms with Crippen molar-refractivity contribution in [2.24, 2.45) is 0 Å². The van der Waals surface area contributed by atoms with Crippen LogP contribution in [0.3, 0.4) is 0 Å². The van der Waals surface area contributed by atoms with E-state index in [2.05, 4.69) is 31.5 Å². The van der Waals surface area contributed by atoms with Gasteiger partial charge in [0.25, 0.3) is 5.91 Å². The minimum atomic E-state index is -0.147. The van der Waals surface area contributed by atoms with Crippen molar-refractivity contribution in [3.63, 3.8) is 0 Å². The number of nitrogens with zero attached hydrogens (tertiary/aromatic N) is 1. The third-order valence-electron chi connectivity index (χ3n) is 6.34. The van der Waals surface area contributed by atoms with E-state index in [-0.39, 0.29) is 36.5 Å². The summed E-state index contributed by atoms with van der Waals surface area (Å²) in [6.45, 7) is 1.26. The Hall–Kier alpha value is -1.57. The molecule has 0 bridgehead atoms. The number of hydrogen-bond donors (Lipinski definition) is 1. The molecule has 1 saturated carbocycles. The number of hydrogen-bond acceptors (Lipinski definition) is 2. The van der Waals surface area contributed by atoms with Crippen LogP contribution in [0.2, 0.25) is 5.02 Å². The number of fused-ring (bicyclic) bond motifs is 1. The topological polar surface area (TPSA) is 38.3 Å². The smallest absolute Gasteiger partial charge is 0.255 e. The lowest BCUT2D eigenvalue weighted by atomic mass is 9.92. The Balaban J connectivity index is 0.00000272. The van der Waals surface area contributed by atoms with Crippen molar-refractivity contribution in [1.82, 2.24) is 0 Å². The van der Waals surface area contributed by atoms with E-state index >= 15 is 0 Å². The van der Waals surface area contributed by atoms with Crippen LogP contribution in [-0.2, 0) is 11.3 Å². The highest BCUT2D eigenvalue weighted by atomic mass is 127. The third-order valence-corrected chi connectivity index (χ3v) is 6.58. The maximum absolute atomic E-state index is 12.7. The zero-order valence-corrected chi connectivity index (χ0v) is 21.1. The Labute approximate surface area is 207 Å². The summed E-state index contributed by atoms with van der Waals surface area (Å²) in [5, 5.41) is 3.61. The zero-order chi connectivity index (χ0) is 21.1. The molecule has 2 aromatic carbocycles. The van der Waals surface area contributed by atoms with E-state index in [0.717, 1.165) is 34.1 Å². The van der Waals surface area contributed by atoms with Crippen molar-refractivity contribution < 1.29 is 38.0 Å². The van der Waals surface area contributed by atoms with Gasteiger partial charge in [0.1, 0.15) is 18.9 Å². The van der Waals surface area contributed by atoms with Crippen LogP contribution >= 0.6 is 11.6 Å². The number of amides is 1. The molecule has 2 aliphatic rings. The Morgan fingerprint density at radius 3 is 2.52 bits per heavy atom. The van der Waals surface area contributed by atoms with Gasteiger partial charge < -0.3 is 38.5 Å². The molecule has 1 aliphatic heterocycles. The van der Waals surface area contributed by atoms with Gasteiger partial charge >= 0.3 is 0 Å². The van der Waals surface area contributed by atoms with Gasteiger partial charge in [0, 0.05) is 21.8 Å². The van der Waals surface area contributed by atoms with Gasteiger partial charge in [0.05, 0.1) is 25.7 Å². The van der Waals surface area contributed by atoms with Crippen LogP contribution in [0.15, 0.2) is 48.0 Å². The summed E-state index contributed by atoms with van der Waals surface area (Å²) in [6, 6.07) is 14.4. The van der Waals surface area contributed by atoms with Crippen LogP contribution in [0.4, 0.5) is 5.69 Å². The van der Waals surface area contributed by atoms with Gasteiger partial charge in [-0.3, -0.25) is 4.79 Å². The SMILES string of the molecule is C[N+](C)(Cc1ccc(NC(=O)C2=Cc3cc(Cl)ccc3OC2)cc1)C1CCCCC1.[I-]. The molecule has 31 heavy (non-hydrogen) atoms. The molecule has 0 unspecified atom stereocenters. The molecule has 0 radical (unpaired) electrons. The molecule has 0 spiro atoms.